The molecule has 3 nitrogen and oxygen atoms in total. The second-order valence-corrected chi connectivity index (χ2v) is 3.53. The van der Waals surface area contributed by atoms with E-state index in [9.17, 15) is 0 Å². The summed E-state index contributed by atoms with van der Waals surface area (Å²) >= 11 is 0. The maximum Gasteiger partial charge on any atom is 0.115 e. The molecule has 0 spiro atoms. The molecule has 1 saturated carbocycles. The van der Waals surface area contributed by atoms with Crippen molar-refractivity contribution in [1.82, 2.24) is 9.97 Å². The molecule has 66 valence electrons. The molecule has 0 radical (unpaired) electrons. The van der Waals surface area contributed by atoms with Crippen molar-refractivity contribution in [3.05, 3.63) is 24.3 Å². The molecule has 1 aliphatic carbocycles. The maximum absolute atomic E-state index is 8.95. The third-order valence-electron chi connectivity index (χ3n) is 2.40. The average Bonchev–Trinajstić information content (AvgIpc) is 2.99. The molecule has 1 aliphatic rings. The lowest BCUT2D eigenvalue weighted by atomic mass is 9.98. The number of hydrogen-bond acceptors (Lipinski definition) is 3. The molecule has 0 N–H and O–H groups in total. The molecular formula is C10H11N3. The maximum atomic E-state index is 8.95. The van der Waals surface area contributed by atoms with Crippen LogP contribution in [0.15, 0.2) is 18.7 Å². The minimum absolute atomic E-state index is 0.00583. The highest BCUT2D eigenvalue weighted by Crippen LogP contribution is 2.37. The Kier molecular flexibility index (Phi) is 2.22. The third kappa shape index (κ3) is 2.03. The van der Waals surface area contributed by atoms with E-state index in [-0.39, 0.29) is 5.92 Å². The fraction of sp³-hybridized carbons (Fsp3) is 0.500. The minimum Gasteiger partial charge on any atom is -0.244 e. The van der Waals surface area contributed by atoms with Gasteiger partial charge in [-0.2, -0.15) is 5.26 Å². The highest BCUT2D eigenvalue weighted by Gasteiger charge is 2.26. The fourth-order valence-electron chi connectivity index (χ4n) is 1.44. The lowest BCUT2D eigenvalue weighted by molar-refractivity contribution is 0.667. The molecule has 0 aromatic carbocycles. The van der Waals surface area contributed by atoms with Crippen molar-refractivity contribution in [2.75, 3.05) is 0 Å². The predicted octanol–water partition coefficient (Wildman–Crippen LogP) is 1.88. The van der Waals surface area contributed by atoms with Gasteiger partial charge in [-0.05, 0) is 12.3 Å². The summed E-state index contributed by atoms with van der Waals surface area (Å²) in [5, 5.41) is 8.95. The molecule has 1 fully saturated rings. The Morgan fingerprint density at radius 2 is 2.15 bits per heavy atom. The van der Waals surface area contributed by atoms with Gasteiger partial charge in [0.05, 0.1) is 12.0 Å². The lowest BCUT2D eigenvalue weighted by Crippen LogP contribution is -1.98. The van der Waals surface area contributed by atoms with Gasteiger partial charge in [-0.15, -0.1) is 0 Å². The zero-order chi connectivity index (χ0) is 9.10. The monoisotopic (exact) mass is 173 g/mol. The van der Waals surface area contributed by atoms with Gasteiger partial charge in [-0.25, -0.2) is 9.97 Å². The summed E-state index contributed by atoms with van der Waals surface area (Å²) in [7, 11) is 0. The first-order chi connectivity index (χ1) is 6.40. The van der Waals surface area contributed by atoms with Crippen LogP contribution in [-0.4, -0.2) is 9.97 Å². The fourth-order valence-corrected chi connectivity index (χ4v) is 1.44. The molecule has 1 aromatic heterocycles. The van der Waals surface area contributed by atoms with E-state index < -0.39 is 0 Å². The third-order valence-corrected chi connectivity index (χ3v) is 2.40. The Balaban J connectivity index is 2.08. The summed E-state index contributed by atoms with van der Waals surface area (Å²) < 4.78 is 0. The van der Waals surface area contributed by atoms with Crippen LogP contribution >= 0.6 is 0 Å². The molecule has 1 aromatic rings. The smallest absolute Gasteiger partial charge is 0.115 e. The van der Waals surface area contributed by atoms with Crippen molar-refractivity contribution in [1.29, 1.82) is 5.26 Å². The standard InChI is InChI=1S/C10H11N3/c11-4-9(3-8-1-2-8)10-5-12-7-13-6-10/h5-9H,1-3H2. The van der Waals surface area contributed by atoms with Crippen molar-refractivity contribution in [2.45, 2.75) is 25.2 Å². The van der Waals surface area contributed by atoms with Crippen LogP contribution in [0.25, 0.3) is 0 Å². The van der Waals surface area contributed by atoms with E-state index in [1.807, 2.05) is 0 Å². The average molecular weight is 173 g/mol. The topological polar surface area (TPSA) is 49.6 Å². The Bertz CT molecular complexity index is 311. The molecule has 0 saturated heterocycles. The van der Waals surface area contributed by atoms with Gasteiger partial charge in [0, 0.05) is 18.0 Å². The van der Waals surface area contributed by atoms with Crippen LogP contribution in [0.4, 0.5) is 0 Å². The van der Waals surface area contributed by atoms with E-state index in [2.05, 4.69) is 16.0 Å². The lowest BCUT2D eigenvalue weighted by Gasteiger charge is -2.05. The van der Waals surface area contributed by atoms with Crippen LogP contribution in [-0.2, 0) is 0 Å². The zero-order valence-electron chi connectivity index (χ0n) is 7.35. The molecule has 0 amide bonds. The van der Waals surface area contributed by atoms with E-state index in [0.29, 0.717) is 0 Å². The molecule has 0 bridgehead atoms. The summed E-state index contributed by atoms with van der Waals surface area (Å²) in [4.78, 5) is 7.84. The van der Waals surface area contributed by atoms with Crippen LogP contribution in [0.3, 0.4) is 0 Å². The predicted molar refractivity (Wildman–Crippen MR) is 47.7 cm³/mol. The Hall–Kier alpha value is -1.43. The largest absolute Gasteiger partial charge is 0.244 e. The molecule has 1 atom stereocenters. The van der Waals surface area contributed by atoms with Gasteiger partial charge in [-0.1, -0.05) is 12.8 Å². The number of rotatable bonds is 3. The molecule has 1 unspecified atom stereocenters. The first kappa shape index (κ1) is 8.18. The Morgan fingerprint density at radius 1 is 1.46 bits per heavy atom. The second kappa shape index (κ2) is 3.53. The van der Waals surface area contributed by atoms with Gasteiger partial charge in [0.2, 0.25) is 0 Å². The van der Waals surface area contributed by atoms with Gasteiger partial charge in [0.15, 0.2) is 0 Å². The van der Waals surface area contributed by atoms with E-state index in [1.165, 1.54) is 19.2 Å². The summed E-state index contributed by atoms with van der Waals surface area (Å²) in [6.07, 6.45) is 8.52. The summed E-state index contributed by atoms with van der Waals surface area (Å²) in [6.45, 7) is 0. The SMILES string of the molecule is N#CC(CC1CC1)c1cncnc1. The van der Waals surface area contributed by atoms with Crippen LogP contribution in [0.2, 0.25) is 0 Å². The van der Waals surface area contributed by atoms with Crippen LogP contribution in [0, 0.1) is 17.2 Å². The van der Waals surface area contributed by atoms with Gasteiger partial charge >= 0.3 is 0 Å². The van der Waals surface area contributed by atoms with Gasteiger partial charge < -0.3 is 0 Å². The van der Waals surface area contributed by atoms with E-state index >= 15 is 0 Å². The highest BCUT2D eigenvalue weighted by atomic mass is 14.8. The first-order valence-electron chi connectivity index (χ1n) is 4.54. The molecule has 2 rings (SSSR count). The van der Waals surface area contributed by atoms with Crippen molar-refractivity contribution < 1.29 is 0 Å². The quantitative estimate of drug-likeness (QED) is 0.701. The number of nitrogens with zero attached hydrogens (tertiary/aromatic N) is 3. The second-order valence-electron chi connectivity index (χ2n) is 3.53. The number of aromatic nitrogens is 2. The minimum atomic E-state index is -0.00583. The van der Waals surface area contributed by atoms with Crippen molar-refractivity contribution >= 4 is 0 Å². The van der Waals surface area contributed by atoms with Crippen LogP contribution in [0.5, 0.6) is 0 Å². The first-order valence-corrected chi connectivity index (χ1v) is 4.54. The Labute approximate surface area is 77.4 Å². The molecule has 0 aliphatic heterocycles. The highest BCUT2D eigenvalue weighted by molar-refractivity contribution is 5.18. The molecule has 1 heterocycles. The van der Waals surface area contributed by atoms with E-state index in [0.717, 1.165) is 17.9 Å². The molecular weight excluding hydrogens is 162 g/mol. The Morgan fingerprint density at radius 3 is 2.69 bits per heavy atom. The van der Waals surface area contributed by atoms with Crippen LogP contribution < -0.4 is 0 Å². The van der Waals surface area contributed by atoms with E-state index in [1.54, 1.807) is 12.4 Å². The van der Waals surface area contributed by atoms with Gasteiger partial charge in [0.25, 0.3) is 0 Å². The van der Waals surface area contributed by atoms with E-state index in [4.69, 9.17) is 5.26 Å². The molecule has 13 heavy (non-hydrogen) atoms. The van der Waals surface area contributed by atoms with Crippen molar-refractivity contribution in [3.8, 4) is 6.07 Å². The summed E-state index contributed by atoms with van der Waals surface area (Å²) in [5.41, 5.74) is 0.955. The van der Waals surface area contributed by atoms with Crippen LogP contribution in [0.1, 0.15) is 30.7 Å². The normalized spacial score (nSPS) is 17.8. The van der Waals surface area contributed by atoms with Gasteiger partial charge in [-0.3, -0.25) is 0 Å². The number of nitriles is 1. The summed E-state index contributed by atoms with van der Waals surface area (Å²) in [5.74, 6) is 0.763. The van der Waals surface area contributed by atoms with Gasteiger partial charge in [0.1, 0.15) is 6.33 Å². The zero-order valence-corrected chi connectivity index (χ0v) is 7.35. The van der Waals surface area contributed by atoms with Crippen molar-refractivity contribution in [2.24, 2.45) is 5.92 Å². The summed E-state index contributed by atoms with van der Waals surface area (Å²) in [6, 6.07) is 2.31. The van der Waals surface area contributed by atoms with Crippen molar-refractivity contribution in [3.63, 3.8) is 0 Å². The number of hydrogen-bond donors (Lipinski definition) is 0. The molecule has 3 heteroatoms.